The van der Waals surface area contributed by atoms with Crippen LogP contribution in [-0.2, 0) is 19.1 Å². The first-order valence-corrected chi connectivity index (χ1v) is 6.93. The molecule has 7 nitrogen and oxygen atoms in total. The molecule has 1 amide bonds. The van der Waals surface area contributed by atoms with E-state index < -0.39 is 33.8 Å². The Kier molecular flexibility index (Phi) is 3.74. The van der Waals surface area contributed by atoms with Crippen LogP contribution in [0.5, 0.6) is 0 Å². The van der Waals surface area contributed by atoms with Crippen molar-refractivity contribution in [2.45, 2.75) is 19.1 Å². The summed E-state index contributed by atoms with van der Waals surface area (Å²) in [4.78, 5) is 30.4. The average molecular weight is 340 g/mol. The largest absolute Gasteiger partial charge is 0.417 e. The number of benzene rings is 1. The fraction of sp³-hybridized carbons (Fsp3) is 0.286. The number of aromatic amines is 1. The van der Waals surface area contributed by atoms with Crippen LogP contribution in [0.3, 0.4) is 0 Å². The van der Waals surface area contributed by atoms with Crippen molar-refractivity contribution in [3.63, 3.8) is 0 Å². The van der Waals surface area contributed by atoms with E-state index in [1.165, 1.54) is 11.2 Å². The molecule has 1 aromatic carbocycles. The minimum atomic E-state index is -4.87. The van der Waals surface area contributed by atoms with Crippen LogP contribution in [0.1, 0.15) is 27.3 Å². The fourth-order valence-electron chi connectivity index (χ4n) is 2.62. The molecule has 0 saturated heterocycles. The zero-order valence-electron chi connectivity index (χ0n) is 12.1. The standard InChI is InChI=1S/C14H11F3N4O3/c15-14(16,17)10-5-8(21(23)24)1-2-9(10)13(22)20-4-3-11-12(6-20)19-7-18-11/h1-2,5,7H,3-4,6H2,(H,18,19). The fourth-order valence-corrected chi connectivity index (χ4v) is 2.62. The van der Waals surface area contributed by atoms with Crippen molar-refractivity contribution in [2.24, 2.45) is 0 Å². The van der Waals surface area contributed by atoms with E-state index in [4.69, 9.17) is 0 Å². The molecule has 0 atom stereocenters. The van der Waals surface area contributed by atoms with Crippen molar-refractivity contribution < 1.29 is 22.9 Å². The second kappa shape index (κ2) is 5.62. The number of carbonyl (C=O) groups is 1. The van der Waals surface area contributed by atoms with Gasteiger partial charge in [0.2, 0.25) is 0 Å². The summed E-state index contributed by atoms with van der Waals surface area (Å²) in [6.45, 7) is 0.341. The summed E-state index contributed by atoms with van der Waals surface area (Å²) in [5.41, 5.74) is -1.18. The molecule has 0 spiro atoms. The number of non-ortho nitro benzene ring substituents is 1. The van der Waals surface area contributed by atoms with Crippen LogP contribution in [0.2, 0.25) is 0 Å². The Morgan fingerprint density at radius 2 is 2.12 bits per heavy atom. The molecule has 126 valence electrons. The maximum Gasteiger partial charge on any atom is 0.417 e. The quantitative estimate of drug-likeness (QED) is 0.672. The molecule has 1 aliphatic heterocycles. The van der Waals surface area contributed by atoms with Gasteiger partial charge < -0.3 is 9.88 Å². The number of aromatic nitrogens is 2. The van der Waals surface area contributed by atoms with Crippen LogP contribution in [-0.4, -0.2) is 32.2 Å². The number of halogens is 3. The zero-order valence-corrected chi connectivity index (χ0v) is 12.1. The summed E-state index contributed by atoms with van der Waals surface area (Å²) in [7, 11) is 0. The first kappa shape index (κ1) is 16.0. The second-order valence-corrected chi connectivity index (χ2v) is 5.29. The van der Waals surface area contributed by atoms with E-state index in [0.29, 0.717) is 18.2 Å². The Morgan fingerprint density at radius 1 is 1.38 bits per heavy atom. The molecular weight excluding hydrogens is 329 g/mol. The maximum absolute atomic E-state index is 13.2. The molecule has 0 radical (unpaired) electrons. The number of nitrogens with zero attached hydrogens (tertiary/aromatic N) is 3. The lowest BCUT2D eigenvalue weighted by molar-refractivity contribution is -0.385. The van der Waals surface area contributed by atoms with Gasteiger partial charge in [-0.3, -0.25) is 14.9 Å². The van der Waals surface area contributed by atoms with E-state index in [1.807, 2.05) is 0 Å². The highest BCUT2D eigenvalue weighted by Crippen LogP contribution is 2.35. The lowest BCUT2D eigenvalue weighted by Gasteiger charge is -2.27. The summed E-state index contributed by atoms with van der Waals surface area (Å²) in [5, 5.41) is 10.7. The molecule has 3 rings (SSSR count). The summed E-state index contributed by atoms with van der Waals surface area (Å²) in [6.07, 6.45) is -2.98. The number of nitro benzene ring substituents is 1. The minimum Gasteiger partial charge on any atom is -0.347 e. The molecule has 0 aliphatic carbocycles. The average Bonchev–Trinajstić information content (AvgIpc) is 3.00. The number of nitro groups is 1. The molecular formula is C14H11F3N4O3. The van der Waals surface area contributed by atoms with Crippen LogP contribution < -0.4 is 0 Å². The van der Waals surface area contributed by atoms with Crippen LogP contribution in [0.4, 0.5) is 18.9 Å². The Bertz CT molecular complexity index is 816. The normalized spacial score (nSPS) is 14.4. The number of carbonyl (C=O) groups excluding carboxylic acids is 1. The van der Waals surface area contributed by atoms with Crippen molar-refractivity contribution in [1.29, 1.82) is 0 Å². The van der Waals surface area contributed by atoms with Gasteiger partial charge in [-0.25, -0.2) is 4.98 Å². The highest BCUT2D eigenvalue weighted by atomic mass is 19.4. The van der Waals surface area contributed by atoms with E-state index >= 15 is 0 Å². The van der Waals surface area contributed by atoms with Crippen molar-refractivity contribution in [3.8, 4) is 0 Å². The lowest BCUT2D eigenvalue weighted by atomic mass is 10.0. The van der Waals surface area contributed by atoms with E-state index in [-0.39, 0.29) is 13.1 Å². The molecule has 0 saturated carbocycles. The van der Waals surface area contributed by atoms with Gasteiger partial charge in [-0.15, -0.1) is 0 Å². The van der Waals surface area contributed by atoms with Gasteiger partial charge in [-0.2, -0.15) is 13.2 Å². The number of hydrogen-bond acceptors (Lipinski definition) is 4. The number of hydrogen-bond donors (Lipinski definition) is 1. The molecule has 2 aromatic rings. The number of amides is 1. The summed E-state index contributed by atoms with van der Waals surface area (Å²) >= 11 is 0. The van der Waals surface area contributed by atoms with E-state index in [2.05, 4.69) is 9.97 Å². The van der Waals surface area contributed by atoms with E-state index in [1.54, 1.807) is 0 Å². The lowest BCUT2D eigenvalue weighted by Crippen LogP contribution is -2.37. The summed E-state index contributed by atoms with van der Waals surface area (Å²) in [5.74, 6) is -0.822. The predicted octanol–water partition coefficient (Wildman–Crippen LogP) is 2.54. The number of imidazole rings is 1. The van der Waals surface area contributed by atoms with E-state index in [0.717, 1.165) is 17.8 Å². The van der Waals surface area contributed by atoms with Crippen LogP contribution >= 0.6 is 0 Å². The summed E-state index contributed by atoms with van der Waals surface area (Å²) in [6, 6.07) is 2.14. The van der Waals surface area contributed by atoms with Gasteiger partial charge in [0.15, 0.2) is 0 Å². The van der Waals surface area contributed by atoms with Gasteiger partial charge in [0, 0.05) is 25.1 Å². The van der Waals surface area contributed by atoms with Crippen molar-refractivity contribution in [2.75, 3.05) is 6.54 Å². The van der Waals surface area contributed by atoms with Crippen LogP contribution in [0, 0.1) is 10.1 Å². The molecule has 0 unspecified atom stereocenters. The molecule has 2 heterocycles. The topological polar surface area (TPSA) is 92.1 Å². The number of rotatable bonds is 2. The Morgan fingerprint density at radius 3 is 2.79 bits per heavy atom. The highest BCUT2D eigenvalue weighted by molar-refractivity contribution is 5.96. The zero-order chi connectivity index (χ0) is 17.5. The number of fused-ring (bicyclic) bond motifs is 1. The third kappa shape index (κ3) is 2.82. The molecule has 10 heteroatoms. The molecule has 24 heavy (non-hydrogen) atoms. The van der Waals surface area contributed by atoms with Gasteiger partial charge in [0.05, 0.1) is 40.3 Å². The van der Waals surface area contributed by atoms with Gasteiger partial charge >= 0.3 is 6.18 Å². The first-order chi connectivity index (χ1) is 11.3. The van der Waals surface area contributed by atoms with Crippen molar-refractivity contribution >= 4 is 11.6 Å². The second-order valence-electron chi connectivity index (χ2n) is 5.29. The van der Waals surface area contributed by atoms with Gasteiger partial charge in [-0.1, -0.05) is 0 Å². The van der Waals surface area contributed by atoms with E-state index in [9.17, 15) is 28.1 Å². The highest BCUT2D eigenvalue weighted by Gasteiger charge is 2.38. The van der Waals surface area contributed by atoms with Crippen molar-refractivity contribution in [1.82, 2.24) is 14.9 Å². The molecule has 0 bridgehead atoms. The number of nitrogens with one attached hydrogen (secondary N) is 1. The molecule has 1 N–H and O–H groups in total. The Labute approximate surface area is 133 Å². The molecule has 0 fully saturated rings. The first-order valence-electron chi connectivity index (χ1n) is 6.93. The summed E-state index contributed by atoms with van der Waals surface area (Å²) < 4.78 is 39.6. The monoisotopic (exact) mass is 340 g/mol. The van der Waals surface area contributed by atoms with Crippen LogP contribution in [0.25, 0.3) is 0 Å². The third-order valence-electron chi connectivity index (χ3n) is 3.81. The van der Waals surface area contributed by atoms with Gasteiger partial charge in [0.1, 0.15) is 0 Å². The van der Waals surface area contributed by atoms with Crippen molar-refractivity contribution in [3.05, 3.63) is 57.2 Å². The van der Waals surface area contributed by atoms with Gasteiger partial charge in [-0.05, 0) is 6.07 Å². The number of H-pyrrole nitrogens is 1. The third-order valence-corrected chi connectivity index (χ3v) is 3.81. The van der Waals surface area contributed by atoms with Gasteiger partial charge in [0.25, 0.3) is 11.6 Å². The van der Waals surface area contributed by atoms with Crippen LogP contribution in [0.15, 0.2) is 24.5 Å². The SMILES string of the molecule is O=C(c1ccc([N+](=O)[O-])cc1C(F)(F)F)N1CCc2nc[nH]c2C1. The Balaban J connectivity index is 1.97. The smallest absolute Gasteiger partial charge is 0.347 e. The predicted molar refractivity (Wildman–Crippen MR) is 75.1 cm³/mol. The molecule has 1 aromatic heterocycles. The minimum absolute atomic E-state index is 0.114. The maximum atomic E-state index is 13.2. The number of alkyl halides is 3. The Hall–Kier alpha value is -2.91. The molecule has 1 aliphatic rings.